The van der Waals surface area contributed by atoms with Crippen molar-refractivity contribution in [3.8, 4) is 0 Å². The van der Waals surface area contributed by atoms with Gasteiger partial charge in [-0.3, -0.25) is 4.79 Å². The molecule has 2 heterocycles. The molecule has 0 amide bonds. The Hall–Kier alpha value is -0.630. The van der Waals surface area contributed by atoms with Crippen molar-refractivity contribution in [1.29, 1.82) is 0 Å². The van der Waals surface area contributed by atoms with Crippen LogP contribution in [-0.2, 0) is 9.53 Å². The zero-order valence-corrected chi connectivity index (χ0v) is 8.19. The summed E-state index contributed by atoms with van der Waals surface area (Å²) in [4.78, 5) is 11.9. The number of hydrogen-bond donors (Lipinski definition) is 0. The van der Waals surface area contributed by atoms with Crippen molar-refractivity contribution >= 4 is 5.78 Å². The number of hydrogen-bond acceptors (Lipinski definition) is 2. The monoisotopic (exact) mass is 180 g/mol. The maximum Gasteiger partial charge on any atom is 0.144 e. The van der Waals surface area contributed by atoms with E-state index >= 15 is 0 Å². The van der Waals surface area contributed by atoms with Gasteiger partial charge in [-0.15, -0.1) is 0 Å². The predicted molar refractivity (Wildman–Crippen MR) is 50.4 cm³/mol. The molecule has 0 aromatic carbocycles. The Balaban J connectivity index is 2.23. The van der Waals surface area contributed by atoms with Crippen molar-refractivity contribution in [2.75, 3.05) is 0 Å². The molecule has 0 saturated carbocycles. The highest BCUT2D eigenvalue weighted by Crippen LogP contribution is 2.36. The van der Waals surface area contributed by atoms with E-state index in [2.05, 4.69) is 26.0 Å². The Labute approximate surface area is 79.0 Å². The number of ketones is 1. The molecule has 2 nitrogen and oxygen atoms in total. The van der Waals surface area contributed by atoms with Crippen LogP contribution in [0.2, 0.25) is 0 Å². The number of carbonyl (C=O) groups excluding carboxylic acids is 1. The van der Waals surface area contributed by atoms with Crippen molar-refractivity contribution in [2.45, 2.75) is 38.9 Å². The van der Waals surface area contributed by atoms with Crippen LogP contribution in [0.1, 0.15) is 26.7 Å². The zero-order valence-electron chi connectivity index (χ0n) is 8.19. The molecule has 2 heteroatoms. The van der Waals surface area contributed by atoms with Crippen LogP contribution >= 0.6 is 0 Å². The predicted octanol–water partition coefficient (Wildman–Crippen LogP) is 1.95. The number of carbonyl (C=O) groups is 1. The fraction of sp³-hybridized carbons (Fsp3) is 0.727. The van der Waals surface area contributed by atoms with Gasteiger partial charge in [-0.1, -0.05) is 26.0 Å². The number of fused-ring (bicyclic) bond motifs is 2. The smallest absolute Gasteiger partial charge is 0.144 e. The standard InChI is InChI=1S/C11H16O2/c1-3-7-9-5-6-10(13-9)8(4-2)11(7)12/h5-10H,3-4H2,1-2H3/t7-,8-,9-,10+/m0/s1. The third kappa shape index (κ3) is 1.24. The fourth-order valence-electron chi connectivity index (χ4n) is 2.41. The van der Waals surface area contributed by atoms with E-state index in [0.29, 0.717) is 5.78 Å². The normalized spacial score (nSPS) is 42.8. The molecule has 0 N–H and O–H groups in total. The van der Waals surface area contributed by atoms with Crippen molar-refractivity contribution < 1.29 is 9.53 Å². The molecule has 2 bridgehead atoms. The molecule has 0 spiro atoms. The van der Waals surface area contributed by atoms with Gasteiger partial charge in [0.05, 0.1) is 12.2 Å². The third-order valence-corrected chi connectivity index (χ3v) is 3.21. The SMILES string of the molecule is CC[C@@H]1C(=O)[C@@H](CC)[C@H]2C=C[C@@H]1O2. The van der Waals surface area contributed by atoms with Crippen molar-refractivity contribution in [3.05, 3.63) is 12.2 Å². The van der Waals surface area contributed by atoms with Gasteiger partial charge in [0.2, 0.25) is 0 Å². The number of Topliss-reactive ketones (excluding diaryl/α,β-unsaturated/α-hetero) is 1. The minimum Gasteiger partial charge on any atom is -0.365 e. The third-order valence-electron chi connectivity index (χ3n) is 3.21. The molecule has 72 valence electrons. The quantitative estimate of drug-likeness (QED) is 0.607. The largest absolute Gasteiger partial charge is 0.365 e. The van der Waals surface area contributed by atoms with E-state index < -0.39 is 0 Å². The second kappa shape index (κ2) is 3.26. The highest BCUT2D eigenvalue weighted by atomic mass is 16.5. The molecule has 0 aromatic heterocycles. The van der Waals surface area contributed by atoms with E-state index in [1.165, 1.54) is 0 Å². The van der Waals surface area contributed by atoms with E-state index in [1.54, 1.807) is 0 Å². The Morgan fingerprint density at radius 2 is 1.62 bits per heavy atom. The summed E-state index contributed by atoms with van der Waals surface area (Å²) in [5.41, 5.74) is 0. The topological polar surface area (TPSA) is 26.3 Å². The molecule has 2 aliphatic heterocycles. The van der Waals surface area contributed by atoms with Gasteiger partial charge >= 0.3 is 0 Å². The molecule has 13 heavy (non-hydrogen) atoms. The molecule has 2 rings (SSSR count). The van der Waals surface area contributed by atoms with Gasteiger partial charge in [-0.05, 0) is 12.8 Å². The molecule has 0 radical (unpaired) electrons. The summed E-state index contributed by atoms with van der Waals surface area (Å²) in [6, 6.07) is 0. The van der Waals surface area contributed by atoms with Crippen molar-refractivity contribution in [3.63, 3.8) is 0 Å². The first kappa shape index (κ1) is 8.95. The summed E-state index contributed by atoms with van der Waals surface area (Å²) in [6.45, 7) is 4.12. The summed E-state index contributed by atoms with van der Waals surface area (Å²) in [6.07, 6.45) is 6.07. The average molecular weight is 180 g/mol. The summed E-state index contributed by atoms with van der Waals surface area (Å²) in [5.74, 6) is 0.635. The summed E-state index contributed by atoms with van der Waals surface area (Å²) in [5, 5.41) is 0. The van der Waals surface area contributed by atoms with Crippen LogP contribution in [-0.4, -0.2) is 18.0 Å². The van der Waals surface area contributed by atoms with Gasteiger partial charge in [0.25, 0.3) is 0 Å². The Kier molecular flexibility index (Phi) is 2.24. The van der Waals surface area contributed by atoms with E-state index in [9.17, 15) is 4.79 Å². The fourth-order valence-corrected chi connectivity index (χ4v) is 2.41. The van der Waals surface area contributed by atoms with Crippen LogP contribution in [0.3, 0.4) is 0 Å². The highest BCUT2D eigenvalue weighted by Gasteiger charge is 2.43. The lowest BCUT2D eigenvalue weighted by Gasteiger charge is -2.33. The van der Waals surface area contributed by atoms with Gasteiger partial charge in [-0.25, -0.2) is 0 Å². The highest BCUT2D eigenvalue weighted by molar-refractivity contribution is 5.86. The molecule has 1 fully saturated rings. The van der Waals surface area contributed by atoms with Gasteiger partial charge < -0.3 is 4.74 Å². The second-order valence-electron chi connectivity index (χ2n) is 3.88. The van der Waals surface area contributed by atoms with E-state index in [0.717, 1.165) is 12.8 Å². The Bertz CT molecular complexity index is 222. The van der Waals surface area contributed by atoms with Gasteiger partial charge in [0, 0.05) is 11.8 Å². The van der Waals surface area contributed by atoms with Crippen LogP contribution in [0.4, 0.5) is 0 Å². The first-order chi connectivity index (χ1) is 6.27. The van der Waals surface area contributed by atoms with Gasteiger partial charge in [0.1, 0.15) is 5.78 Å². The van der Waals surface area contributed by atoms with Crippen LogP contribution in [0.5, 0.6) is 0 Å². The molecule has 0 unspecified atom stereocenters. The zero-order chi connectivity index (χ0) is 9.42. The summed E-state index contributed by atoms with van der Waals surface area (Å²) in [7, 11) is 0. The molecule has 0 aromatic rings. The maximum atomic E-state index is 11.9. The van der Waals surface area contributed by atoms with Crippen LogP contribution < -0.4 is 0 Å². The first-order valence-electron chi connectivity index (χ1n) is 5.15. The average Bonchev–Trinajstić information content (AvgIpc) is 2.52. The van der Waals surface area contributed by atoms with Crippen molar-refractivity contribution in [2.24, 2.45) is 11.8 Å². The van der Waals surface area contributed by atoms with Gasteiger partial charge in [0.15, 0.2) is 0 Å². The number of rotatable bonds is 2. The van der Waals surface area contributed by atoms with E-state index in [4.69, 9.17) is 4.74 Å². The minimum absolute atomic E-state index is 0.0744. The molecule has 2 aliphatic rings. The molecular formula is C11H16O2. The molecular weight excluding hydrogens is 164 g/mol. The van der Waals surface area contributed by atoms with Crippen LogP contribution in [0.15, 0.2) is 12.2 Å². The first-order valence-corrected chi connectivity index (χ1v) is 5.15. The lowest BCUT2D eigenvalue weighted by Crippen LogP contribution is -2.43. The Morgan fingerprint density at radius 1 is 1.15 bits per heavy atom. The Morgan fingerprint density at radius 3 is 2.00 bits per heavy atom. The van der Waals surface area contributed by atoms with Crippen LogP contribution in [0.25, 0.3) is 0 Å². The minimum atomic E-state index is 0.0744. The van der Waals surface area contributed by atoms with E-state index in [-0.39, 0.29) is 24.0 Å². The van der Waals surface area contributed by atoms with Crippen molar-refractivity contribution in [1.82, 2.24) is 0 Å². The van der Waals surface area contributed by atoms with Gasteiger partial charge in [-0.2, -0.15) is 0 Å². The summed E-state index contributed by atoms with van der Waals surface area (Å²) >= 11 is 0. The van der Waals surface area contributed by atoms with E-state index in [1.807, 2.05) is 0 Å². The lowest BCUT2D eigenvalue weighted by molar-refractivity contribution is -0.145. The molecule has 1 saturated heterocycles. The summed E-state index contributed by atoms with van der Waals surface area (Å²) < 4.78 is 5.74. The molecule has 0 aliphatic carbocycles. The lowest BCUT2D eigenvalue weighted by atomic mass is 9.83. The molecule has 4 atom stereocenters. The second-order valence-corrected chi connectivity index (χ2v) is 3.88. The number of ether oxygens (including phenoxy) is 1. The maximum absolute atomic E-state index is 11.9. The van der Waals surface area contributed by atoms with Crippen LogP contribution in [0, 0.1) is 11.8 Å².